The van der Waals surface area contributed by atoms with Crippen molar-refractivity contribution in [2.45, 2.75) is 64.1 Å². The summed E-state index contributed by atoms with van der Waals surface area (Å²) in [6, 6.07) is 4.05. The maximum absolute atomic E-state index is 12.8. The van der Waals surface area contributed by atoms with Crippen molar-refractivity contribution in [1.82, 2.24) is 20.2 Å². The maximum Gasteiger partial charge on any atom is 0.253 e. The molecular weight excluding hydrogens is 561 g/mol. The third-order valence-electron chi connectivity index (χ3n) is 6.20. The number of pyridine rings is 2. The number of aliphatic hydroxyl groups excluding tert-OH is 1. The van der Waals surface area contributed by atoms with Crippen molar-refractivity contribution in [3.8, 4) is 0 Å². The molecule has 4 heterocycles. The van der Waals surface area contributed by atoms with Crippen molar-refractivity contribution in [2.75, 3.05) is 46.2 Å². The number of ether oxygens (including phenoxy) is 1. The second-order valence-corrected chi connectivity index (χ2v) is 11.7. The number of sulfone groups is 1. The highest BCUT2D eigenvalue weighted by molar-refractivity contribution is 7.91. The van der Waals surface area contributed by atoms with Gasteiger partial charge >= 0.3 is 0 Å². The molecule has 0 aliphatic carbocycles. The first-order valence-electron chi connectivity index (χ1n) is 13.6. The monoisotopic (exact) mass is 604 g/mol. The molecule has 0 bridgehead atoms. The van der Waals surface area contributed by atoms with Crippen LogP contribution < -0.4 is 5.32 Å². The molecule has 0 radical (unpaired) electrons. The Labute approximate surface area is 241 Å². The highest BCUT2D eigenvalue weighted by Crippen LogP contribution is 2.25. The number of hydrogen-bond acceptors (Lipinski definition) is 8. The summed E-state index contributed by atoms with van der Waals surface area (Å²) in [6.07, 6.45) is 6.34. The zero-order chi connectivity index (χ0) is 30.8. The molecule has 1 saturated heterocycles. The highest BCUT2D eigenvalue weighted by atomic mass is 32.2. The molecule has 2 unspecified atom stereocenters. The van der Waals surface area contributed by atoms with Crippen molar-refractivity contribution in [3.05, 3.63) is 53.1 Å². The van der Waals surface area contributed by atoms with Crippen molar-refractivity contribution in [2.24, 2.45) is 5.92 Å². The zero-order valence-electron chi connectivity index (χ0n) is 24.3. The van der Waals surface area contributed by atoms with Crippen LogP contribution in [0.1, 0.15) is 73.4 Å². The minimum Gasteiger partial charge on any atom is -0.394 e. The van der Waals surface area contributed by atoms with Gasteiger partial charge in [0, 0.05) is 38.6 Å². The minimum atomic E-state index is -3.37. The summed E-state index contributed by atoms with van der Waals surface area (Å²) >= 11 is 0. The molecule has 2 aliphatic rings. The van der Waals surface area contributed by atoms with E-state index in [1.165, 1.54) is 31.2 Å². The Kier molecular flexibility index (Phi) is 17.3. The molecular formula is C28H43F3N4O5S. The molecule has 41 heavy (non-hydrogen) atoms. The van der Waals surface area contributed by atoms with Gasteiger partial charge in [0.15, 0.2) is 9.84 Å². The minimum absolute atomic E-state index is 0.0224. The second-order valence-electron chi connectivity index (χ2n) is 9.42. The van der Waals surface area contributed by atoms with Crippen molar-refractivity contribution >= 4 is 15.7 Å². The number of nitrogens with one attached hydrogen (secondary N) is 1. The standard InChI is InChI=1S/C23H30N4O5S.C3H8.CH2F2.CH3F/c1-2-33(30,31)19-5-6-20(25-10-19)22(14-28)26-23(29)17-8-18-12-27(13-21(18)24-9-17)11-16-4-3-7-32-15-16;1-3-2;2-1-3;1-2/h5-6,8-10,16,22,28H,2-4,7,11-15H2,1H3,(H,26,29);3H2,1-2H3;1H2;1H3. The molecule has 2 aromatic rings. The van der Waals surface area contributed by atoms with E-state index in [1.807, 2.05) is 6.07 Å². The van der Waals surface area contributed by atoms with E-state index in [0.717, 1.165) is 50.5 Å². The lowest BCUT2D eigenvalue weighted by Gasteiger charge is -2.26. The number of halogens is 3. The Morgan fingerprint density at radius 2 is 1.85 bits per heavy atom. The van der Waals surface area contributed by atoms with Crippen molar-refractivity contribution in [1.29, 1.82) is 0 Å². The van der Waals surface area contributed by atoms with Crippen LogP contribution >= 0.6 is 0 Å². The predicted octanol–water partition coefficient (Wildman–Crippen LogP) is 4.36. The van der Waals surface area contributed by atoms with Crippen LogP contribution in [0, 0.1) is 5.92 Å². The summed E-state index contributed by atoms with van der Waals surface area (Å²) in [5, 5.41) is 12.6. The van der Waals surface area contributed by atoms with Crippen LogP contribution in [0.15, 0.2) is 35.5 Å². The van der Waals surface area contributed by atoms with Gasteiger partial charge in [-0.1, -0.05) is 27.2 Å². The van der Waals surface area contributed by atoms with Gasteiger partial charge in [0.25, 0.3) is 5.91 Å². The second kappa shape index (κ2) is 19.5. The molecule has 4 rings (SSSR count). The normalized spacial score (nSPS) is 16.9. The smallest absolute Gasteiger partial charge is 0.253 e. The van der Waals surface area contributed by atoms with E-state index in [0.29, 0.717) is 24.4 Å². The van der Waals surface area contributed by atoms with E-state index in [2.05, 4.69) is 34.0 Å². The topological polar surface area (TPSA) is 122 Å². The van der Waals surface area contributed by atoms with E-state index in [1.54, 1.807) is 13.1 Å². The number of amides is 1. The fourth-order valence-corrected chi connectivity index (χ4v) is 5.12. The van der Waals surface area contributed by atoms with E-state index < -0.39 is 22.8 Å². The molecule has 2 N–H and O–H groups in total. The van der Waals surface area contributed by atoms with Crippen molar-refractivity contribution < 1.29 is 36.2 Å². The molecule has 2 atom stereocenters. The summed E-state index contributed by atoms with van der Waals surface area (Å²) in [5.41, 5.74) is 2.82. The molecule has 1 amide bonds. The number of rotatable bonds is 8. The van der Waals surface area contributed by atoms with Gasteiger partial charge in [-0.2, -0.15) is 0 Å². The summed E-state index contributed by atoms with van der Waals surface area (Å²) in [5.74, 6) is 0.147. The van der Waals surface area contributed by atoms with Gasteiger partial charge in [-0.3, -0.25) is 24.1 Å². The Morgan fingerprint density at radius 3 is 2.39 bits per heavy atom. The Morgan fingerprint density at radius 1 is 1.17 bits per heavy atom. The van der Waals surface area contributed by atoms with Crippen LogP contribution in [0.4, 0.5) is 13.2 Å². The number of alkyl halides is 3. The molecule has 2 aromatic heterocycles. The van der Waals surface area contributed by atoms with E-state index in [4.69, 9.17) is 4.74 Å². The average molecular weight is 605 g/mol. The Bertz CT molecular complexity index is 1130. The maximum atomic E-state index is 12.8. The van der Waals surface area contributed by atoms with Crippen LogP contribution in [0.2, 0.25) is 0 Å². The SMILES string of the molecule is CCC.CCS(=O)(=O)c1ccc(C(CO)NC(=O)c2cnc3c(c2)CN(CC2CCCOC2)C3)nc1.CF.FCF. The average Bonchev–Trinajstić information content (AvgIpc) is 3.39. The van der Waals surface area contributed by atoms with Crippen LogP contribution in [0.25, 0.3) is 0 Å². The third-order valence-corrected chi connectivity index (χ3v) is 7.92. The number of fused-ring (bicyclic) bond motifs is 1. The first kappa shape index (κ1) is 36.4. The van der Waals surface area contributed by atoms with Gasteiger partial charge in [0.1, 0.15) is 0 Å². The van der Waals surface area contributed by atoms with Crippen LogP contribution in [0.5, 0.6) is 0 Å². The van der Waals surface area contributed by atoms with E-state index >= 15 is 0 Å². The lowest BCUT2D eigenvalue weighted by atomic mass is 10.0. The van der Waals surface area contributed by atoms with E-state index in [-0.39, 0.29) is 23.2 Å². The molecule has 0 aromatic carbocycles. The number of carbonyl (C=O) groups is 1. The first-order valence-corrected chi connectivity index (χ1v) is 15.3. The van der Waals surface area contributed by atoms with Gasteiger partial charge < -0.3 is 15.2 Å². The largest absolute Gasteiger partial charge is 0.394 e. The van der Waals surface area contributed by atoms with Gasteiger partial charge in [-0.05, 0) is 42.5 Å². The predicted molar refractivity (Wildman–Crippen MR) is 151 cm³/mol. The van der Waals surface area contributed by atoms with Gasteiger partial charge in [-0.25, -0.2) is 17.2 Å². The Balaban J connectivity index is 0.000000949. The van der Waals surface area contributed by atoms with Gasteiger partial charge in [0.05, 0.1) is 54.0 Å². The first-order chi connectivity index (χ1) is 19.7. The molecule has 232 valence electrons. The lowest BCUT2D eigenvalue weighted by molar-refractivity contribution is 0.0378. The number of nitrogens with zero attached hydrogens (tertiary/aromatic N) is 3. The summed E-state index contributed by atoms with van der Waals surface area (Å²) < 4.78 is 58.3. The molecule has 2 aliphatic heterocycles. The van der Waals surface area contributed by atoms with Gasteiger partial charge in [0.2, 0.25) is 6.93 Å². The summed E-state index contributed by atoms with van der Waals surface area (Å²) in [7, 11) is -2.87. The highest BCUT2D eigenvalue weighted by Gasteiger charge is 2.26. The number of carbonyl (C=O) groups excluding carboxylic acids is 1. The van der Waals surface area contributed by atoms with Crippen LogP contribution in [-0.2, 0) is 27.7 Å². The fraction of sp³-hybridized carbons (Fsp3) is 0.607. The lowest BCUT2D eigenvalue weighted by Crippen LogP contribution is -2.31. The summed E-state index contributed by atoms with van der Waals surface area (Å²) in [6.45, 7) is 7.82. The zero-order valence-corrected chi connectivity index (χ0v) is 25.1. The molecule has 0 spiro atoms. The van der Waals surface area contributed by atoms with Crippen LogP contribution in [-0.4, -0.2) is 80.5 Å². The third kappa shape index (κ3) is 11.7. The molecule has 0 saturated carbocycles. The quantitative estimate of drug-likeness (QED) is 0.456. The number of aliphatic hydroxyl groups is 1. The number of aromatic nitrogens is 2. The van der Waals surface area contributed by atoms with Crippen LogP contribution in [0.3, 0.4) is 0 Å². The molecule has 1 fully saturated rings. The number of hydrogen-bond donors (Lipinski definition) is 2. The fourth-order valence-electron chi connectivity index (χ4n) is 4.30. The Hall–Kier alpha value is -2.61. The summed E-state index contributed by atoms with van der Waals surface area (Å²) in [4.78, 5) is 23.9. The molecule has 9 nitrogen and oxygen atoms in total. The van der Waals surface area contributed by atoms with Crippen molar-refractivity contribution in [3.63, 3.8) is 0 Å². The molecule has 13 heteroatoms. The van der Waals surface area contributed by atoms with Gasteiger partial charge in [-0.15, -0.1) is 0 Å². The van der Waals surface area contributed by atoms with E-state index in [9.17, 15) is 31.5 Å².